The number of thioether (sulfide) groups is 1. The number of benzene rings is 2. The van der Waals surface area contributed by atoms with Crippen molar-refractivity contribution >= 4 is 58.4 Å². The van der Waals surface area contributed by atoms with Crippen LogP contribution in [0.4, 0.5) is 5.69 Å². The summed E-state index contributed by atoms with van der Waals surface area (Å²) in [6, 6.07) is 10.7. The minimum Gasteiger partial charge on any atom is -0.465 e. The Morgan fingerprint density at radius 3 is 2.60 bits per heavy atom. The van der Waals surface area contributed by atoms with E-state index in [4.69, 9.17) is 27.9 Å². The van der Waals surface area contributed by atoms with Gasteiger partial charge < -0.3 is 19.9 Å². The summed E-state index contributed by atoms with van der Waals surface area (Å²) < 4.78 is 6.52. The average Bonchev–Trinajstić information content (AvgIpc) is 3.25. The molecule has 3 aromatic rings. The summed E-state index contributed by atoms with van der Waals surface area (Å²) >= 11 is 13.2. The molecule has 0 unspecified atom stereocenters. The van der Waals surface area contributed by atoms with E-state index in [0.29, 0.717) is 39.4 Å². The number of halogens is 2. The first-order chi connectivity index (χ1) is 16.7. The number of aromatic nitrogens is 3. The van der Waals surface area contributed by atoms with Gasteiger partial charge in [-0.05, 0) is 50.2 Å². The molecule has 0 fully saturated rings. The molecule has 1 heterocycles. The normalized spacial score (nSPS) is 11.6. The van der Waals surface area contributed by atoms with Gasteiger partial charge in [-0.25, -0.2) is 4.79 Å². The number of carbonyl (C=O) groups excluding carboxylic acids is 3. The highest BCUT2D eigenvalue weighted by Crippen LogP contribution is 2.24. The molecule has 2 amide bonds. The molecule has 9 nitrogen and oxygen atoms in total. The van der Waals surface area contributed by atoms with E-state index in [-0.39, 0.29) is 22.6 Å². The molecule has 0 bridgehead atoms. The molecule has 0 saturated carbocycles. The van der Waals surface area contributed by atoms with Crippen molar-refractivity contribution in [3.8, 4) is 0 Å². The number of rotatable bonds is 9. The zero-order chi connectivity index (χ0) is 25.5. The van der Waals surface area contributed by atoms with Crippen LogP contribution in [0.1, 0.15) is 46.4 Å². The number of esters is 1. The predicted molar refractivity (Wildman–Crippen MR) is 135 cm³/mol. The van der Waals surface area contributed by atoms with E-state index in [1.54, 1.807) is 43.3 Å². The van der Waals surface area contributed by atoms with Crippen LogP contribution >= 0.6 is 35.0 Å². The summed E-state index contributed by atoms with van der Waals surface area (Å²) in [7, 11) is 1.29. The molecular formula is C23H23Cl2N5O4S. The lowest BCUT2D eigenvalue weighted by Gasteiger charge is -2.15. The van der Waals surface area contributed by atoms with Crippen LogP contribution in [0, 0.1) is 0 Å². The van der Waals surface area contributed by atoms with E-state index < -0.39 is 12.0 Å². The highest BCUT2D eigenvalue weighted by atomic mass is 35.5. The molecule has 2 aromatic carbocycles. The Kier molecular flexibility index (Phi) is 9.13. The summed E-state index contributed by atoms with van der Waals surface area (Å²) in [4.78, 5) is 36.8. The third-order valence-electron chi connectivity index (χ3n) is 4.87. The summed E-state index contributed by atoms with van der Waals surface area (Å²) in [5, 5.41) is 15.2. The quantitative estimate of drug-likeness (QED) is 0.303. The largest absolute Gasteiger partial charge is 0.465 e. The van der Waals surface area contributed by atoms with Gasteiger partial charge >= 0.3 is 5.97 Å². The number of hydrogen-bond donors (Lipinski definition) is 2. The molecule has 2 N–H and O–H groups in total. The van der Waals surface area contributed by atoms with Gasteiger partial charge in [-0.1, -0.05) is 41.0 Å². The van der Waals surface area contributed by atoms with Crippen LogP contribution in [0.25, 0.3) is 0 Å². The SMILES string of the molecule is CCn1c(SCC(=O)Nc2cccc(C(=O)OC)c2)nnc1[C@H](C)NC(=O)c1ccc(Cl)cc1Cl. The van der Waals surface area contributed by atoms with Crippen molar-refractivity contribution in [2.24, 2.45) is 0 Å². The number of nitrogens with one attached hydrogen (secondary N) is 2. The van der Waals surface area contributed by atoms with E-state index in [1.807, 2.05) is 11.5 Å². The Morgan fingerprint density at radius 2 is 1.91 bits per heavy atom. The van der Waals surface area contributed by atoms with Crippen molar-refractivity contribution in [1.82, 2.24) is 20.1 Å². The summed E-state index contributed by atoms with van der Waals surface area (Å²) in [6.45, 7) is 4.24. The minimum atomic E-state index is -0.487. The highest BCUT2D eigenvalue weighted by Gasteiger charge is 2.21. The molecule has 0 radical (unpaired) electrons. The molecule has 0 aliphatic heterocycles. The van der Waals surface area contributed by atoms with E-state index in [9.17, 15) is 14.4 Å². The van der Waals surface area contributed by atoms with Crippen LogP contribution in [0.2, 0.25) is 10.0 Å². The van der Waals surface area contributed by atoms with E-state index in [1.165, 1.54) is 24.9 Å². The maximum Gasteiger partial charge on any atom is 0.337 e. The minimum absolute atomic E-state index is 0.0711. The van der Waals surface area contributed by atoms with Crippen LogP contribution < -0.4 is 10.6 Å². The lowest BCUT2D eigenvalue weighted by molar-refractivity contribution is -0.113. The highest BCUT2D eigenvalue weighted by molar-refractivity contribution is 7.99. The Hall–Kier alpha value is -3.08. The molecule has 184 valence electrons. The lowest BCUT2D eigenvalue weighted by atomic mass is 10.2. The lowest BCUT2D eigenvalue weighted by Crippen LogP contribution is -2.29. The Morgan fingerprint density at radius 1 is 1.14 bits per heavy atom. The molecule has 0 spiro atoms. The first-order valence-electron chi connectivity index (χ1n) is 10.5. The standard InChI is InChI=1S/C23H23Cl2N5O4S/c1-4-30-20(13(2)26-21(32)17-9-8-15(24)11-18(17)25)28-29-23(30)35-12-19(31)27-16-7-5-6-14(10-16)22(33)34-3/h5-11,13H,4,12H2,1-3H3,(H,26,32)(H,27,31)/t13-/m0/s1. The van der Waals surface area contributed by atoms with Gasteiger partial charge in [-0.2, -0.15) is 0 Å². The molecule has 0 aliphatic rings. The molecule has 1 aromatic heterocycles. The third kappa shape index (κ3) is 6.74. The predicted octanol–water partition coefficient (Wildman–Crippen LogP) is 4.61. The van der Waals surface area contributed by atoms with Gasteiger partial charge in [-0.15, -0.1) is 10.2 Å². The Bertz CT molecular complexity index is 1250. The van der Waals surface area contributed by atoms with Gasteiger partial charge in [0.15, 0.2) is 11.0 Å². The summed E-state index contributed by atoms with van der Waals surface area (Å²) in [5.74, 6) is -0.518. The van der Waals surface area contributed by atoms with Crippen LogP contribution in [-0.2, 0) is 16.1 Å². The van der Waals surface area contributed by atoms with Crippen molar-refractivity contribution in [2.75, 3.05) is 18.2 Å². The number of amides is 2. The second kappa shape index (κ2) is 12.1. The number of methoxy groups -OCH3 is 1. The second-order valence-corrected chi connectivity index (χ2v) is 9.10. The molecule has 35 heavy (non-hydrogen) atoms. The van der Waals surface area contributed by atoms with Crippen LogP contribution in [-0.4, -0.2) is 45.4 Å². The molecule has 3 rings (SSSR count). The number of carbonyl (C=O) groups is 3. The van der Waals surface area contributed by atoms with Crippen molar-refractivity contribution < 1.29 is 19.1 Å². The van der Waals surface area contributed by atoms with Gasteiger partial charge in [0.25, 0.3) is 5.91 Å². The number of nitrogens with zero attached hydrogens (tertiary/aromatic N) is 3. The van der Waals surface area contributed by atoms with Gasteiger partial charge in [0.2, 0.25) is 5.91 Å². The second-order valence-electron chi connectivity index (χ2n) is 7.31. The van der Waals surface area contributed by atoms with Gasteiger partial charge in [0, 0.05) is 17.3 Å². The number of ether oxygens (including phenoxy) is 1. The van der Waals surface area contributed by atoms with Crippen LogP contribution in [0.5, 0.6) is 0 Å². The number of hydrogen-bond acceptors (Lipinski definition) is 7. The van der Waals surface area contributed by atoms with E-state index in [0.717, 1.165) is 0 Å². The fourth-order valence-corrected chi connectivity index (χ4v) is 4.51. The Balaban J connectivity index is 1.63. The topological polar surface area (TPSA) is 115 Å². The van der Waals surface area contributed by atoms with Crippen molar-refractivity contribution in [2.45, 2.75) is 31.6 Å². The van der Waals surface area contributed by atoms with Gasteiger partial charge in [-0.3, -0.25) is 9.59 Å². The summed E-state index contributed by atoms with van der Waals surface area (Å²) in [5.41, 5.74) is 1.12. The monoisotopic (exact) mass is 535 g/mol. The Labute approximate surface area is 216 Å². The fraction of sp³-hybridized carbons (Fsp3) is 0.261. The maximum atomic E-state index is 12.7. The van der Waals surface area contributed by atoms with Crippen LogP contribution in [0.3, 0.4) is 0 Å². The van der Waals surface area contributed by atoms with E-state index >= 15 is 0 Å². The zero-order valence-corrected chi connectivity index (χ0v) is 21.5. The first kappa shape index (κ1) is 26.5. The average molecular weight is 536 g/mol. The van der Waals surface area contributed by atoms with Crippen molar-refractivity contribution in [1.29, 1.82) is 0 Å². The molecule has 0 aliphatic carbocycles. The third-order valence-corrected chi connectivity index (χ3v) is 6.39. The molecule has 0 saturated heterocycles. The molecule has 12 heteroatoms. The molecule has 1 atom stereocenters. The zero-order valence-electron chi connectivity index (χ0n) is 19.2. The van der Waals surface area contributed by atoms with E-state index in [2.05, 4.69) is 20.8 Å². The number of anilines is 1. The summed E-state index contributed by atoms with van der Waals surface area (Å²) in [6.07, 6.45) is 0. The van der Waals surface area contributed by atoms with Gasteiger partial charge in [0.1, 0.15) is 0 Å². The van der Waals surface area contributed by atoms with Gasteiger partial charge in [0.05, 0.1) is 35.1 Å². The van der Waals surface area contributed by atoms with Crippen molar-refractivity contribution in [3.05, 3.63) is 69.5 Å². The maximum absolute atomic E-state index is 12.7. The molecular weight excluding hydrogens is 513 g/mol. The fourth-order valence-electron chi connectivity index (χ4n) is 3.21. The smallest absolute Gasteiger partial charge is 0.337 e. The first-order valence-corrected chi connectivity index (χ1v) is 12.3. The van der Waals surface area contributed by atoms with Crippen LogP contribution in [0.15, 0.2) is 47.6 Å². The van der Waals surface area contributed by atoms with Crippen molar-refractivity contribution in [3.63, 3.8) is 0 Å².